The number of sulfonamides is 1. The maximum absolute atomic E-state index is 12.3. The van der Waals surface area contributed by atoms with Gasteiger partial charge in [-0.1, -0.05) is 6.07 Å². The van der Waals surface area contributed by atoms with Crippen LogP contribution in [0.15, 0.2) is 76.2 Å². The van der Waals surface area contributed by atoms with E-state index in [1.165, 1.54) is 48.7 Å². The molecule has 0 aliphatic heterocycles. The third kappa shape index (κ3) is 5.94. The number of carbonyl (C=O) groups is 1. The van der Waals surface area contributed by atoms with Crippen LogP contribution in [-0.4, -0.2) is 24.4 Å². The molecule has 1 amide bonds. The normalized spacial score (nSPS) is 11.0. The van der Waals surface area contributed by atoms with Crippen LogP contribution in [-0.2, 0) is 16.6 Å². The van der Waals surface area contributed by atoms with Crippen LogP contribution in [0.25, 0.3) is 0 Å². The van der Waals surface area contributed by atoms with E-state index in [1.807, 2.05) is 0 Å². The molecule has 1 heterocycles. The number of nitrogens with zero attached hydrogens (tertiary/aromatic N) is 1. The van der Waals surface area contributed by atoms with Gasteiger partial charge < -0.3 is 9.73 Å². The van der Waals surface area contributed by atoms with Crippen LogP contribution in [0, 0.1) is 10.1 Å². The molecule has 3 aromatic rings. The zero-order valence-corrected chi connectivity index (χ0v) is 17.4. The first-order chi connectivity index (χ1) is 14.7. The zero-order valence-electron chi connectivity index (χ0n) is 15.8. The molecule has 0 aliphatic carbocycles. The number of nitro benzene ring substituents is 1. The summed E-state index contributed by atoms with van der Waals surface area (Å²) in [7, 11) is -3.74. The number of anilines is 1. The van der Waals surface area contributed by atoms with E-state index < -0.39 is 20.9 Å². The Morgan fingerprint density at radius 2 is 1.84 bits per heavy atom. The third-order valence-corrected chi connectivity index (χ3v) is 5.61. The molecule has 0 bridgehead atoms. The second-order valence-corrected chi connectivity index (χ2v) is 8.32. The lowest BCUT2D eigenvalue weighted by Crippen LogP contribution is -2.34. The molecule has 0 radical (unpaired) electrons. The fourth-order valence-corrected chi connectivity index (χ4v) is 3.68. The first-order valence-electron chi connectivity index (χ1n) is 8.73. The number of hydrogen-bond acceptors (Lipinski definition) is 7. The molecule has 0 unspecified atom stereocenters. The highest BCUT2D eigenvalue weighted by atomic mass is 32.2. The van der Waals surface area contributed by atoms with E-state index in [9.17, 15) is 23.3 Å². The number of nitrogens with one attached hydrogen (secondary N) is 3. The van der Waals surface area contributed by atoms with Crippen LogP contribution in [0.4, 0.5) is 11.4 Å². The summed E-state index contributed by atoms with van der Waals surface area (Å²) in [5, 5.41) is 15.9. The summed E-state index contributed by atoms with van der Waals surface area (Å²) in [4.78, 5) is 22.5. The van der Waals surface area contributed by atoms with E-state index in [0.717, 1.165) is 6.07 Å². The minimum atomic E-state index is -3.74. The van der Waals surface area contributed by atoms with Crippen molar-refractivity contribution in [2.45, 2.75) is 11.4 Å². The average Bonchev–Trinajstić information content (AvgIpc) is 3.26. The van der Waals surface area contributed by atoms with Crippen molar-refractivity contribution in [2.24, 2.45) is 0 Å². The Bertz CT molecular complexity index is 1210. The number of benzene rings is 2. The lowest BCUT2D eigenvalue weighted by molar-refractivity contribution is -0.384. The van der Waals surface area contributed by atoms with Crippen LogP contribution in [0.3, 0.4) is 0 Å². The SMILES string of the molecule is O=C(NC(=S)Nc1ccc(S(=O)(=O)NCc2ccco2)cc1)c1cccc([N+](=O)[O-])c1. The van der Waals surface area contributed by atoms with E-state index in [0.29, 0.717) is 11.4 Å². The third-order valence-electron chi connectivity index (χ3n) is 3.99. The number of nitro groups is 1. The van der Waals surface area contributed by atoms with Gasteiger partial charge in [0.1, 0.15) is 5.76 Å². The Labute approximate surface area is 182 Å². The highest BCUT2D eigenvalue weighted by Crippen LogP contribution is 2.15. The van der Waals surface area contributed by atoms with Crippen molar-refractivity contribution in [3.63, 3.8) is 0 Å². The number of non-ortho nitro benzene ring substituents is 1. The zero-order chi connectivity index (χ0) is 22.4. The molecule has 3 rings (SSSR count). The van der Waals surface area contributed by atoms with Gasteiger partial charge in [-0.05, 0) is 54.7 Å². The van der Waals surface area contributed by atoms with Crippen molar-refractivity contribution in [1.29, 1.82) is 0 Å². The number of amides is 1. The molecule has 0 saturated heterocycles. The Hall–Kier alpha value is -3.61. The van der Waals surface area contributed by atoms with E-state index in [1.54, 1.807) is 12.1 Å². The number of rotatable bonds is 7. The summed E-state index contributed by atoms with van der Waals surface area (Å²) in [6.45, 7) is 0.0170. The first-order valence-corrected chi connectivity index (χ1v) is 10.6. The summed E-state index contributed by atoms with van der Waals surface area (Å²) in [6.07, 6.45) is 1.45. The minimum Gasteiger partial charge on any atom is -0.468 e. The van der Waals surface area contributed by atoms with Gasteiger partial charge in [0.2, 0.25) is 10.0 Å². The van der Waals surface area contributed by atoms with Gasteiger partial charge in [-0.2, -0.15) is 0 Å². The molecule has 12 heteroatoms. The maximum Gasteiger partial charge on any atom is 0.270 e. The molecule has 10 nitrogen and oxygen atoms in total. The number of thiocarbonyl (C=S) groups is 1. The van der Waals surface area contributed by atoms with Crippen LogP contribution in [0.1, 0.15) is 16.1 Å². The van der Waals surface area contributed by atoms with Gasteiger partial charge in [-0.15, -0.1) is 0 Å². The standard InChI is InChI=1S/C19H16N4O6S2/c24-18(13-3-1-4-15(11-13)23(25)26)22-19(30)21-14-6-8-17(9-7-14)31(27,28)20-12-16-5-2-10-29-16/h1-11,20H,12H2,(H2,21,22,24,30). The summed E-state index contributed by atoms with van der Waals surface area (Å²) in [5.41, 5.74) is 0.292. The molecule has 1 aromatic heterocycles. The average molecular weight is 460 g/mol. The maximum atomic E-state index is 12.3. The second kappa shape index (κ2) is 9.47. The highest BCUT2D eigenvalue weighted by molar-refractivity contribution is 7.89. The van der Waals surface area contributed by atoms with Gasteiger partial charge in [0.15, 0.2) is 5.11 Å². The van der Waals surface area contributed by atoms with E-state index in [2.05, 4.69) is 15.4 Å². The van der Waals surface area contributed by atoms with Gasteiger partial charge in [-0.25, -0.2) is 13.1 Å². The molecule has 0 atom stereocenters. The summed E-state index contributed by atoms with van der Waals surface area (Å²) in [6, 6.07) is 14.2. The monoisotopic (exact) mass is 460 g/mol. The Balaban J connectivity index is 1.59. The molecule has 31 heavy (non-hydrogen) atoms. The van der Waals surface area contributed by atoms with Gasteiger partial charge >= 0.3 is 0 Å². The minimum absolute atomic E-state index is 0.0170. The second-order valence-electron chi connectivity index (χ2n) is 6.14. The van der Waals surface area contributed by atoms with Crippen LogP contribution < -0.4 is 15.4 Å². The highest BCUT2D eigenvalue weighted by Gasteiger charge is 2.15. The van der Waals surface area contributed by atoms with Gasteiger partial charge in [0.05, 0.1) is 22.6 Å². The largest absolute Gasteiger partial charge is 0.468 e. The van der Waals surface area contributed by atoms with Crippen LogP contribution in [0.5, 0.6) is 0 Å². The van der Waals surface area contributed by atoms with Crippen molar-refractivity contribution >= 4 is 44.6 Å². The molecule has 3 N–H and O–H groups in total. The number of furan rings is 1. The number of carbonyl (C=O) groups excluding carboxylic acids is 1. The van der Waals surface area contributed by atoms with E-state index >= 15 is 0 Å². The van der Waals surface area contributed by atoms with Crippen molar-refractivity contribution < 1.29 is 22.6 Å². The predicted molar refractivity (Wildman–Crippen MR) is 116 cm³/mol. The number of hydrogen-bond donors (Lipinski definition) is 3. The molecule has 0 fully saturated rings. The Morgan fingerprint density at radius 1 is 1.10 bits per heavy atom. The van der Waals surface area contributed by atoms with Crippen molar-refractivity contribution in [1.82, 2.24) is 10.0 Å². The smallest absolute Gasteiger partial charge is 0.270 e. The molecular formula is C19H16N4O6S2. The molecule has 160 valence electrons. The Morgan fingerprint density at radius 3 is 2.48 bits per heavy atom. The van der Waals surface area contributed by atoms with Gasteiger partial charge in [0.25, 0.3) is 11.6 Å². The fourth-order valence-electron chi connectivity index (χ4n) is 2.48. The Kier molecular flexibility index (Phi) is 6.74. The quantitative estimate of drug-likeness (QED) is 0.277. The van der Waals surface area contributed by atoms with Crippen molar-refractivity contribution in [2.75, 3.05) is 5.32 Å². The van der Waals surface area contributed by atoms with Gasteiger partial charge in [0, 0.05) is 23.4 Å². The van der Waals surface area contributed by atoms with Crippen LogP contribution in [0.2, 0.25) is 0 Å². The van der Waals surface area contributed by atoms with Gasteiger partial charge in [-0.3, -0.25) is 20.2 Å². The summed E-state index contributed by atoms with van der Waals surface area (Å²) < 4.78 is 32.2. The van der Waals surface area contributed by atoms with Crippen molar-refractivity contribution in [3.05, 3.63) is 88.4 Å². The summed E-state index contributed by atoms with van der Waals surface area (Å²) in [5.74, 6) is -0.144. The predicted octanol–water partition coefficient (Wildman–Crippen LogP) is 2.79. The lowest BCUT2D eigenvalue weighted by atomic mass is 10.2. The van der Waals surface area contributed by atoms with E-state index in [4.69, 9.17) is 16.6 Å². The van der Waals surface area contributed by atoms with Crippen LogP contribution >= 0.6 is 12.2 Å². The molecule has 0 spiro atoms. The van der Waals surface area contributed by atoms with Crippen molar-refractivity contribution in [3.8, 4) is 0 Å². The first kappa shape index (κ1) is 22.1. The molecule has 2 aromatic carbocycles. The summed E-state index contributed by atoms with van der Waals surface area (Å²) >= 11 is 5.07. The molecule has 0 saturated carbocycles. The van der Waals surface area contributed by atoms with E-state index in [-0.39, 0.29) is 27.8 Å². The molecule has 0 aliphatic rings. The lowest BCUT2D eigenvalue weighted by Gasteiger charge is -2.11. The fraction of sp³-hybridized carbons (Fsp3) is 0.0526. The topological polar surface area (TPSA) is 144 Å². The molecular weight excluding hydrogens is 444 g/mol.